The van der Waals surface area contributed by atoms with Crippen molar-refractivity contribution in [2.24, 2.45) is 5.73 Å². The van der Waals surface area contributed by atoms with Crippen LogP contribution in [-0.4, -0.2) is 41.6 Å². The Morgan fingerprint density at radius 1 is 0.630 bits per heavy atom. The number of esters is 1. The molecule has 7 nitrogen and oxygen atoms in total. The summed E-state index contributed by atoms with van der Waals surface area (Å²) in [5.41, 5.74) is 5.47. The van der Waals surface area contributed by atoms with Gasteiger partial charge in [-0.15, -0.1) is 0 Å². The number of hydrogen-bond acceptors (Lipinski definition) is 5. The van der Waals surface area contributed by atoms with Crippen molar-refractivity contribution in [3.05, 3.63) is 24.3 Å². The third-order valence-electron chi connectivity index (χ3n) is 8.52. The van der Waals surface area contributed by atoms with Crippen LogP contribution >= 0.6 is 0 Å². The number of carbonyl (C=O) groups is 3. The second-order valence-corrected chi connectivity index (χ2v) is 13.0. The summed E-state index contributed by atoms with van der Waals surface area (Å²) in [5, 5.41) is 11.9. The maximum Gasteiger partial charge on any atom is 0.326 e. The fourth-order valence-corrected chi connectivity index (χ4v) is 5.60. The highest BCUT2D eigenvalue weighted by Crippen LogP contribution is 2.18. The van der Waals surface area contributed by atoms with Gasteiger partial charge in [-0.3, -0.25) is 9.59 Å². The van der Waals surface area contributed by atoms with Crippen molar-refractivity contribution in [2.45, 2.75) is 199 Å². The van der Waals surface area contributed by atoms with Gasteiger partial charge in [0.2, 0.25) is 5.91 Å². The number of nitrogens with one attached hydrogen (secondary N) is 1. The molecule has 1 amide bonds. The van der Waals surface area contributed by atoms with Gasteiger partial charge in [0.1, 0.15) is 12.1 Å². The van der Waals surface area contributed by atoms with Gasteiger partial charge in [0.05, 0.1) is 0 Å². The van der Waals surface area contributed by atoms with Crippen LogP contribution in [0, 0.1) is 0 Å². The van der Waals surface area contributed by atoms with Gasteiger partial charge in [-0.25, -0.2) is 4.79 Å². The minimum atomic E-state index is -1.01. The van der Waals surface area contributed by atoms with Gasteiger partial charge in [-0.05, 0) is 90.0 Å². The molecule has 0 saturated carbocycles. The molecule has 46 heavy (non-hydrogen) atoms. The topological polar surface area (TPSA) is 119 Å². The second kappa shape index (κ2) is 34.2. The number of carboxylic acids is 1. The Bertz CT molecular complexity index is 782. The SMILES string of the molecule is CCCCC/C=C\C/C=C\CCCCCCCC(=O)OC(CCCCCCCC)CCCCCCC(=O)NC(CCCN)C(=O)O. The fraction of sp³-hybridized carbons (Fsp3) is 0.821. The predicted molar refractivity (Wildman–Crippen MR) is 193 cm³/mol. The van der Waals surface area contributed by atoms with E-state index in [-0.39, 0.29) is 18.0 Å². The Morgan fingerprint density at radius 3 is 1.72 bits per heavy atom. The maximum absolute atomic E-state index is 12.6. The van der Waals surface area contributed by atoms with Crippen LogP contribution in [0.1, 0.15) is 187 Å². The Labute approximate surface area is 283 Å². The lowest BCUT2D eigenvalue weighted by atomic mass is 10.0. The number of aliphatic carboxylic acids is 1. The van der Waals surface area contributed by atoms with Crippen molar-refractivity contribution < 1.29 is 24.2 Å². The predicted octanol–water partition coefficient (Wildman–Crippen LogP) is 10.1. The zero-order chi connectivity index (χ0) is 33.9. The number of carbonyl (C=O) groups excluding carboxylic acids is 2. The van der Waals surface area contributed by atoms with E-state index in [2.05, 4.69) is 43.5 Å². The van der Waals surface area contributed by atoms with E-state index < -0.39 is 12.0 Å². The molecule has 0 spiro atoms. The number of nitrogens with two attached hydrogens (primary N) is 1. The van der Waals surface area contributed by atoms with Crippen LogP contribution in [0.2, 0.25) is 0 Å². The number of hydrogen-bond donors (Lipinski definition) is 3. The quantitative estimate of drug-likeness (QED) is 0.0363. The molecule has 0 saturated heterocycles. The molecule has 0 radical (unpaired) electrons. The average molecular weight is 649 g/mol. The molecule has 0 aromatic heterocycles. The molecule has 0 heterocycles. The smallest absolute Gasteiger partial charge is 0.326 e. The molecule has 4 N–H and O–H groups in total. The normalized spacial score (nSPS) is 12.9. The summed E-state index contributed by atoms with van der Waals surface area (Å²) in [6, 6.07) is -0.863. The zero-order valence-electron chi connectivity index (χ0n) is 29.9. The molecule has 0 bridgehead atoms. The summed E-state index contributed by atoms with van der Waals surface area (Å²) >= 11 is 0. The highest BCUT2D eigenvalue weighted by molar-refractivity contribution is 5.83. The maximum atomic E-state index is 12.6. The van der Waals surface area contributed by atoms with Crippen LogP contribution in [0.3, 0.4) is 0 Å². The molecule has 2 atom stereocenters. The molecule has 0 aliphatic rings. The molecule has 268 valence electrons. The van der Waals surface area contributed by atoms with Crippen LogP contribution in [0.4, 0.5) is 0 Å². The van der Waals surface area contributed by atoms with Crippen molar-refractivity contribution in [1.29, 1.82) is 0 Å². The summed E-state index contributed by atoms with van der Waals surface area (Å²) in [5.74, 6) is -1.28. The minimum Gasteiger partial charge on any atom is -0.480 e. The highest BCUT2D eigenvalue weighted by atomic mass is 16.5. The molecule has 7 heteroatoms. The first kappa shape index (κ1) is 43.9. The van der Waals surface area contributed by atoms with Crippen LogP contribution in [0.15, 0.2) is 24.3 Å². The highest BCUT2D eigenvalue weighted by Gasteiger charge is 2.19. The van der Waals surface area contributed by atoms with Gasteiger partial charge in [-0.2, -0.15) is 0 Å². The largest absolute Gasteiger partial charge is 0.480 e. The van der Waals surface area contributed by atoms with Crippen LogP contribution in [0.25, 0.3) is 0 Å². The van der Waals surface area contributed by atoms with Crippen LogP contribution in [0.5, 0.6) is 0 Å². The molecular weight excluding hydrogens is 576 g/mol. The van der Waals surface area contributed by atoms with E-state index in [9.17, 15) is 19.5 Å². The first-order chi connectivity index (χ1) is 22.4. The van der Waals surface area contributed by atoms with Gasteiger partial charge in [0, 0.05) is 12.8 Å². The number of ether oxygens (including phenoxy) is 1. The Morgan fingerprint density at radius 2 is 1.13 bits per heavy atom. The van der Waals surface area contributed by atoms with Crippen molar-refractivity contribution in [2.75, 3.05) is 6.54 Å². The van der Waals surface area contributed by atoms with E-state index in [0.717, 1.165) is 70.6 Å². The summed E-state index contributed by atoms with van der Waals surface area (Å²) in [6.07, 6.45) is 36.5. The van der Waals surface area contributed by atoms with Gasteiger partial charge >= 0.3 is 11.9 Å². The number of unbranched alkanes of at least 4 members (excludes halogenated alkanes) is 16. The van der Waals surface area contributed by atoms with E-state index >= 15 is 0 Å². The number of rotatable bonds is 34. The van der Waals surface area contributed by atoms with E-state index in [1.54, 1.807) is 0 Å². The number of carboxylic acid groups (broad SMARTS) is 1. The zero-order valence-corrected chi connectivity index (χ0v) is 29.9. The first-order valence-electron chi connectivity index (χ1n) is 19.2. The van der Waals surface area contributed by atoms with Crippen molar-refractivity contribution in [3.8, 4) is 0 Å². The van der Waals surface area contributed by atoms with Crippen molar-refractivity contribution in [3.63, 3.8) is 0 Å². The fourth-order valence-electron chi connectivity index (χ4n) is 5.60. The van der Waals surface area contributed by atoms with E-state index in [4.69, 9.17) is 10.5 Å². The van der Waals surface area contributed by atoms with Gasteiger partial charge in [-0.1, -0.05) is 115 Å². The van der Waals surface area contributed by atoms with Crippen LogP contribution < -0.4 is 11.1 Å². The average Bonchev–Trinajstić information content (AvgIpc) is 3.04. The monoisotopic (exact) mass is 649 g/mol. The second-order valence-electron chi connectivity index (χ2n) is 13.0. The number of amides is 1. The molecule has 0 rings (SSSR count). The molecule has 0 aliphatic heterocycles. The van der Waals surface area contributed by atoms with Gasteiger partial charge < -0.3 is 20.9 Å². The summed E-state index contributed by atoms with van der Waals surface area (Å²) in [4.78, 5) is 36.1. The van der Waals surface area contributed by atoms with Crippen molar-refractivity contribution in [1.82, 2.24) is 5.32 Å². The molecular formula is C39H72N2O5. The summed E-state index contributed by atoms with van der Waals surface area (Å²) < 4.78 is 5.96. The lowest BCUT2D eigenvalue weighted by Gasteiger charge is -2.18. The third kappa shape index (κ3) is 30.5. The van der Waals surface area contributed by atoms with Gasteiger partial charge in [0.15, 0.2) is 0 Å². The molecule has 0 aliphatic carbocycles. The first-order valence-corrected chi connectivity index (χ1v) is 19.2. The van der Waals surface area contributed by atoms with E-state index in [0.29, 0.717) is 32.2 Å². The standard InChI is InChI=1S/C39H72N2O5/c1-3-5-7-9-11-12-13-14-15-16-17-18-19-21-27-33-38(43)46-35(29-24-20-10-8-6-4-2)30-25-22-23-26-32-37(42)41-36(39(44)45)31-28-34-40/h11-12,14-15,35-36H,3-10,13,16-34,40H2,1-2H3,(H,41,42)(H,44,45)/b12-11-,15-14-. The Balaban J connectivity index is 4.20. The molecule has 2 unspecified atom stereocenters. The van der Waals surface area contributed by atoms with Crippen molar-refractivity contribution >= 4 is 17.8 Å². The lowest BCUT2D eigenvalue weighted by molar-refractivity contribution is -0.150. The molecule has 0 aromatic rings. The summed E-state index contributed by atoms with van der Waals surface area (Å²) in [7, 11) is 0. The Kier molecular flexibility index (Phi) is 32.6. The lowest BCUT2D eigenvalue weighted by Crippen LogP contribution is -2.40. The number of allylic oxidation sites excluding steroid dienone is 4. The van der Waals surface area contributed by atoms with E-state index in [1.807, 2.05) is 0 Å². The van der Waals surface area contributed by atoms with E-state index in [1.165, 1.54) is 77.0 Å². The van der Waals surface area contributed by atoms with Crippen LogP contribution in [-0.2, 0) is 19.1 Å². The Hall–Kier alpha value is -2.15. The third-order valence-corrected chi connectivity index (χ3v) is 8.52. The van der Waals surface area contributed by atoms with Gasteiger partial charge in [0.25, 0.3) is 0 Å². The summed E-state index contributed by atoms with van der Waals surface area (Å²) in [6.45, 7) is 4.88. The molecule has 0 aromatic carbocycles. The molecule has 0 fully saturated rings. The minimum absolute atomic E-state index is 0.0150.